The van der Waals surface area contributed by atoms with Crippen LogP contribution >= 0.6 is 0 Å². The van der Waals surface area contributed by atoms with Crippen molar-refractivity contribution in [2.45, 2.75) is 24.9 Å². The van der Waals surface area contributed by atoms with Crippen molar-refractivity contribution >= 4 is 5.91 Å². The average molecular weight is 239 g/mol. The van der Waals surface area contributed by atoms with E-state index in [1.54, 1.807) is 0 Å². The van der Waals surface area contributed by atoms with E-state index in [4.69, 9.17) is 0 Å². The standard InChI is InChI=1S/C10H13N3O4/c14-7-4-6(12-9(16)13-7)8(15)11-5-10(17)2-1-3-10/h4,17H,1-3,5H2,(H,11,15)(H2,12,13,14,16). The quantitative estimate of drug-likeness (QED) is 0.525. The van der Waals surface area contributed by atoms with Crippen molar-refractivity contribution in [1.82, 2.24) is 15.3 Å². The van der Waals surface area contributed by atoms with Crippen molar-refractivity contribution < 1.29 is 9.90 Å². The molecular formula is C10H13N3O4. The molecule has 0 unspecified atom stereocenters. The highest BCUT2D eigenvalue weighted by molar-refractivity contribution is 5.92. The smallest absolute Gasteiger partial charge is 0.326 e. The third-order valence-electron chi connectivity index (χ3n) is 2.87. The van der Waals surface area contributed by atoms with Crippen LogP contribution in [-0.4, -0.2) is 33.1 Å². The van der Waals surface area contributed by atoms with Crippen LogP contribution in [0.2, 0.25) is 0 Å². The first-order chi connectivity index (χ1) is 7.98. The van der Waals surface area contributed by atoms with Gasteiger partial charge < -0.3 is 15.4 Å². The minimum absolute atomic E-state index is 0.110. The molecule has 7 heteroatoms. The number of amides is 1. The van der Waals surface area contributed by atoms with Gasteiger partial charge in [-0.2, -0.15) is 0 Å². The normalized spacial score (nSPS) is 17.2. The lowest BCUT2D eigenvalue weighted by Gasteiger charge is -2.36. The second-order valence-electron chi connectivity index (χ2n) is 4.26. The summed E-state index contributed by atoms with van der Waals surface area (Å²) in [5.74, 6) is -0.575. The highest BCUT2D eigenvalue weighted by Gasteiger charge is 2.34. The fourth-order valence-electron chi connectivity index (χ4n) is 1.69. The van der Waals surface area contributed by atoms with Crippen LogP contribution in [0.25, 0.3) is 0 Å². The molecule has 7 nitrogen and oxygen atoms in total. The van der Waals surface area contributed by atoms with Crippen molar-refractivity contribution in [1.29, 1.82) is 0 Å². The number of carbonyl (C=O) groups excluding carboxylic acids is 1. The summed E-state index contributed by atoms with van der Waals surface area (Å²) in [7, 11) is 0. The molecule has 1 aliphatic rings. The molecule has 0 radical (unpaired) electrons. The van der Waals surface area contributed by atoms with E-state index in [1.807, 2.05) is 4.98 Å². The number of rotatable bonds is 3. The van der Waals surface area contributed by atoms with E-state index in [2.05, 4.69) is 10.3 Å². The van der Waals surface area contributed by atoms with E-state index >= 15 is 0 Å². The van der Waals surface area contributed by atoms with Crippen LogP contribution in [0, 0.1) is 0 Å². The zero-order chi connectivity index (χ0) is 12.5. The monoisotopic (exact) mass is 239 g/mol. The molecule has 1 aromatic rings. The summed E-state index contributed by atoms with van der Waals surface area (Å²) in [4.78, 5) is 37.7. The first kappa shape index (κ1) is 11.6. The summed E-state index contributed by atoms with van der Waals surface area (Å²) in [6.07, 6.45) is 2.24. The molecule has 1 aliphatic carbocycles. The first-order valence-electron chi connectivity index (χ1n) is 5.33. The van der Waals surface area contributed by atoms with Gasteiger partial charge in [0, 0.05) is 12.6 Å². The Labute approximate surface area is 95.9 Å². The number of aromatic amines is 2. The molecule has 0 saturated heterocycles. The molecule has 1 fully saturated rings. The molecule has 1 amide bonds. The fraction of sp³-hybridized carbons (Fsp3) is 0.500. The summed E-state index contributed by atoms with van der Waals surface area (Å²) >= 11 is 0. The van der Waals surface area contributed by atoms with E-state index in [0.29, 0.717) is 12.8 Å². The van der Waals surface area contributed by atoms with Crippen LogP contribution in [0.4, 0.5) is 0 Å². The summed E-state index contributed by atoms with van der Waals surface area (Å²) in [5.41, 5.74) is -2.31. The van der Waals surface area contributed by atoms with Crippen LogP contribution in [0.15, 0.2) is 15.7 Å². The lowest BCUT2D eigenvalue weighted by atomic mass is 9.80. The van der Waals surface area contributed by atoms with E-state index < -0.39 is 22.8 Å². The van der Waals surface area contributed by atoms with Crippen molar-refractivity contribution in [2.24, 2.45) is 0 Å². The molecule has 0 spiro atoms. The van der Waals surface area contributed by atoms with Crippen LogP contribution in [-0.2, 0) is 0 Å². The van der Waals surface area contributed by atoms with Gasteiger partial charge in [-0.25, -0.2) is 4.79 Å². The summed E-state index contributed by atoms with van der Waals surface area (Å²) in [5, 5.41) is 12.2. The lowest BCUT2D eigenvalue weighted by Crippen LogP contribution is -2.48. The largest absolute Gasteiger partial charge is 0.388 e. The number of H-pyrrole nitrogens is 2. The Kier molecular flexibility index (Phi) is 2.84. The van der Waals surface area contributed by atoms with Crippen LogP contribution < -0.4 is 16.6 Å². The van der Waals surface area contributed by atoms with Crippen molar-refractivity contribution in [3.05, 3.63) is 32.6 Å². The minimum Gasteiger partial charge on any atom is -0.388 e. The third-order valence-corrected chi connectivity index (χ3v) is 2.87. The predicted octanol–water partition coefficient (Wildman–Crippen LogP) is -1.29. The van der Waals surface area contributed by atoms with Gasteiger partial charge in [0.05, 0.1) is 5.60 Å². The number of aromatic nitrogens is 2. The van der Waals surface area contributed by atoms with Gasteiger partial charge in [0.25, 0.3) is 11.5 Å². The highest BCUT2D eigenvalue weighted by atomic mass is 16.3. The molecule has 0 atom stereocenters. The van der Waals surface area contributed by atoms with Gasteiger partial charge in [0.2, 0.25) is 0 Å². The van der Waals surface area contributed by atoms with Crippen molar-refractivity contribution in [2.75, 3.05) is 6.54 Å². The van der Waals surface area contributed by atoms with Crippen LogP contribution in [0.1, 0.15) is 29.8 Å². The Balaban J connectivity index is 2.04. The fourth-order valence-corrected chi connectivity index (χ4v) is 1.69. The lowest BCUT2D eigenvalue weighted by molar-refractivity contribution is -0.0300. The Hall–Kier alpha value is -1.89. The molecule has 4 N–H and O–H groups in total. The summed E-state index contributed by atoms with van der Waals surface area (Å²) < 4.78 is 0. The SMILES string of the molecule is O=C(NCC1(O)CCC1)c1cc(=O)[nH]c(=O)[nH]1. The molecule has 1 saturated carbocycles. The van der Waals surface area contributed by atoms with E-state index in [1.165, 1.54) is 0 Å². The van der Waals surface area contributed by atoms with Gasteiger partial charge in [-0.15, -0.1) is 0 Å². The summed E-state index contributed by atoms with van der Waals surface area (Å²) in [6.45, 7) is 0.126. The van der Waals surface area contributed by atoms with Gasteiger partial charge in [0.15, 0.2) is 0 Å². The zero-order valence-corrected chi connectivity index (χ0v) is 9.08. The average Bonchev–Trinajstić information content (AvgIpc) is 2.22. The molecule has 1 heterocycles. The van der Waals surface area contributed by atoms with Crippen LogP contribution in [0.5, 0.6) is 0 Å². The maximum atomic E-state index is 11.6. The number of hydrogen-bond donors (Lipinski definition) is 4. The number of hydrogen-bond acceptors (Lipinski definition) is 4. The Bertz CT molecular complexity index is 513. The molecule has 0 aliphatic heterocycles. The second-order valence-corrected chi connectivity index (χ2v) is 4.26. The van der Waals surface area contributed by atoms with Gasteiger partial charge in [-0.1, -0.05) is 0 Å². The van der Waals surface area contributed by atoms with Gasteiger partial charge in [-0.05, 0) is 19.3 Å². The molecular weight excluding hydrogens is 226 g/mol. The molecule has 17 heavy (non-hydrogen) atoms. The molecule has 92 valence electrons. The topological polar surface area (TPSA) is 115 Å². The van der Waals surface area contributed by atoms with Gasteiger partial charge >= 0.3 is 5.69 Å². The maximum Gasteiger partial charge on any atom is 0.326 e. The van der Waals surface area contributed by atoms with E-state index in [0.717, 1.165) is 12.5 Å². The van der Waals surface area contributed by atoms with Crippen molar-refractivity contribution in [3.8, 4) is 0 Å². The van der Waals surface area contributed by atoms with Crippen LogP contribution in [0.3, 0.4) is 0 Å². The maximum absolute atomic E-state index is 11.6. The zero-order valence-electron chi connectivity index (χ0n) is 9.08. The Morgan fingerprint density at radius 3 is 2.65 bits per heavy atom. The van der Waals surface area contributed by atoms with E-state index in [9.17, 15) is 19.5 Å². The third kappa shape index (κ3) is 2.62. The Morgan fingerprint density at radius 2 is 2.12 bits per heavy atom. The molecule has 0 aromatic carbocycles. The molecule has 0 bridgehead atoms. The summed E-state index contributed by atoms with van der Waals surface area (Å²) in [6, 6.07) is 1.00. The predicted molar refractivity (Wildman–Crippen MR) is 58.8 cm³/mol. The second kappa shape index (κ2) is 4.17. The first-order valence-corrected chi connectivity index (χ1v) is 5.33. The number of carbonyl (C=O) groups is 1. The number of nitrogens with one attached hydrogen (secondary N) is 3. The van der Waals surface area contributed by atoms with Gasteiger partial charge in [-0.3, -0.25) is 14.6 Å². The van der Waals surface area contributed by atoms with E-state index in [-0.39, 0.29) is 12.2 Å². The minimum atomic E-state index is -0.836. The Morgan fingerprint density at radius 1 is 1.41 bits per heavy atom. The van der Waals surface area contributed by atoms with Crippen molar-refractivity contribution in [3.63, 3.8) is 0 Å². The van der Waals surface area contributed by atoms with Gasteiger partial charge in [0.1, 0.15) is 5.69 Å². The highest BCUT2D eigenvalue weighted by Crippen LogP contribution is 2.30. The molecule has 2 rings (SSSR count). The number of aliphatic hydroxyl groups is 1. The molecule has 1 aromatic heterocycles.